The molecule has 2 nitrogen and oxygen atoms in total. The fourth-order valence-electron chi connectivity index (χ4n) is 1.82. The zero-order valence-electron chi connectivity index (χ0n) is 11.5. The third-order valence-electron chi connectivity index (χ3n) is 2.91. The highest BCUT2D eigenvalue weighted by Gasteiger charge is 2.10. The number of amides is 1. The number of rotatable bonds is 5. The fraction of sp³-hybridized carbons (Fsp3) is 0.188. The number of carbonyl (C=O) groups is 1. The number of hydrogen-bond acceptors (Lipinski definition) is 2. The minimum Gasteiger partial charge on any atom is -0.349 e. The van der Waals surface area contributed by atoms with Crippen LogP contribution >= 0.6 is 23.4 Å². The first-order valence-corrected chi connectivity index (χ1v) is 7.84. The van der Waals surface area contributed by atoms with E-state index in [4.69, 9.17) is 11.6 Å². The van der Waals surface area contributed by atoms with E-state index in [0.717, 1.165) is 10.5 Å². The van der Waals surface area contributed by atoms with Crippen LogP contribution in [0.25, 0.3) is 0 Å². The molecule has 0 radical (unpaired) electrons. The number of benzene rings is 2. The van der Waals surface area contributed by atoms with Crippen LogP contribution in [0.2, 0.25) is 5.02 Å². The van der Waals surface area contributed by atoms with Crippen molar-refractivity contribution in [3.05, 3.63) is 64.9 Å². The fourth-order valence-corrected chi connectivity index (χ4v) is 2.73. The second-order valence-corrected chi connectivity index (χ2v) is 6.07. The zero-order chi connectivity index (χ0) is 15.2. The molecule has 0 aromatic heterocycles. The monoisotopic (exact) mass is 323 g/mol. The Morgan fingerprint density at radius 3 is 2.67 bits per heavy atom. The van der Waals surface area contributed by atoms with Crippen LogP contribution in [0.5, 0.6) is 0 Å². The Balaban J connectivity index is 1.85. The highest BCUT2D eigenvalue weighted by atomic mass is 35.5. The molecule has 0 spiro atoms. The van der Waals surface area contributed by atoms with Crippen LogP contribution in [0.1, 0.15) is 18.5 Å². The quantitative estimate of drug-likeness (QED) is 0.824. The van der Waals surface area contributed by atoms with Gasteiger partial charge in [-0.2, -0.15) is 0 Å². The van der Waals surface area contributed by atoms with E-state index in [2.05, 4.69) is 5.32 Å². The molecule has 1 amide bonds. The molecule has 2 rings (SSSR count). The lowest BCUT2D eigenvalue weighted by Crippen LogP contribution is -2.28. The van der Waals surface area contributed by atoms with Gasteiger partial charge in [-0.05, 0) is 48.9 Å². The Labute approximate surface area is 132 Å². The van der Waals surface area contributed by atoms with Crippen LogP contribution in [-0.2, 0) is 4.79 Å². The molecule has 1 N–H and O–H groups in total. The Kier molecular flexibility index (Phi) is 5.65. The highest BCUT2D eigenvalue weighted by Crippen LogP contribution is 2.20. The molecule has 0 aliphatic heterocycles. The van der Waals surface area contributed by atoms with Crippen LogP contribution in [0, 0.1) is 5.82 Å². The summed E-state index contributed by atoms with van der Waals surface area (Å²) >= 11 is 7.30. The maximum absolute atomic E-state index is 12.8. The van der Waals surface area contributed by atoms with Gasteiger partial charge < -0.3 is 5.32 Å². The van der Waals surface area contributed by atoms with Gasteiger partial charge in [-0.1, -0.05) is 23.7 Å². The van der Waals surface area contributed by atoms with Crippen LogP contribution in [-0.4, -0.2) is 11.7 Å². The third kappa shape index (κ3) is 5.06. The molecule has 2 aromatic carbocycles. The lowest BCUT2D eigenvalue weighted by Gasteiger charge is -2.14. The average molecular weight is 324 g/mol. The molecule has 110 valence electrons. The second-order valence-electron chi connectivity index (χ2n) is 4.59. The van der Waals surface area contributed by atoms with Crippen LogP contribution in [0.3, 0.4) is 0 Å². The van der Waals surface area contributed by atoms with Gasteiger partial charge in [0, 0.05) is 9.92 Å². The van der Waals surface area contributed by atoms with Gasteiger partial charge in [-0.15, -0.1) is 11.8 Å². The molecule has 0 fully saturated rings. The molecule has 0 unspecified atom stereocenters. The van der Waals surface area contributed by atoms with Gasteiger partial charge in [0.2, 0.25) is 5.91 Å². The lowest BCUT2D eigenvalue weighted by molar-refractivity contribution is -0.119. The number of thioether (sulfide) groups is 1. The number of nitrogens with one attached hydrogen (secondary N) is 1. The van der Waals surface area contributed by atoms with Crippen molar-refractivity contribution in [2.45, 2.75) is 17.9 Å². The minimum absolute atomic E-state index is 0.0724. The first-order chi connectivity index (χ1) is 10.0. The van der Waals surface area contributed by atoms with Crippen LogP contribution < -0.4 is 5.32 Å². The Morgan fingerprint density at radius 2 is 2.00 bits per heavy atom. The van der Waals surface area contributed by atoms with Crippen LogP contribution in [0.15, 0.2) is 53.4 Å². The van der Waals surface area contributed by atoms with Gasteiger partial charge in [0.15, 0.2) is 0 Å². The molecule has 0 saturated heterocycles. The van der Waals surface area contributed by atoms with E-state index in [1.54, 1.807) is 18.2 Å². The van der Waals surface area contributed by atoms with Crippen molar-refractivity contribution in [3.8, 4) is 0 Å². The Hall–Kier alpha value is -1.52. The minimum atomic E-state index is -0.279. The van der Waals surface area contributed by atoms with E-state index in [0.29, 0.717) is 5.02 Å². The number of carbonyl (C=O) groups excluding carboxylic acids is 1. The summed E-state index contributed by atoms with van der Waals surface area (Å²) in [5.74, 6) is -0.0635. The first kappa shape index (κ1) is 15.9. The average Bonchev–Trinajstić information content (AvgIpc) is 2.46. The third-order valence-corrected chi connectivity index (χ3v) is 4.16. The van der Waals surface area contributed by atoms with Crippen molar-refractivity contribution in [2.24, 2.45) is 0 Å². The normalized spacial score (nSPS) is 12.0. The van der Waals surface area contributed by atoms with E-state index < -0.39 is 0 Å². The second kappa shape index (κ2) is 7.48. The molecule has 0 saturated carbocycles. The molecule has 0 aliphatic carbocycles. The summed E-state index contributed by atoms with van der Waals surface area (Å²) in [4.78, 5) is 12.8. The predicted octanol–water partition coefficient (Wildman–Crippen LogP) is 4.45. The van der Waals surface area contributed by atoms with Crippen molar-refractivity contribution in [1.82, 2.24) is 5.32 Å². The molecule has 0 aliphatic rings. The molecule has 21 heavy (non-hydrogen) atoms. The summed E-state index contributed by atoms with van der Waals surface area (Å²) in [5.41, 5.74) is 0.961. The molecule has 2 aromatic rings. The van der Waals surface area contributed by atoms with Crippen molar-refractivity contribution >= 4 is 29.3 Å². The van der Waals surface area contributed by atoms with Crippen molar-refractivity contribution in [2.75, 3.05) is 5.75 Å². The summed E-state index contributed by atoms with van der Waals surface area (Å²) in [7, 11) is 0. The van der Waals surface area contributed by atoms with Crippen molar-refractivity contribution in [1.29, 1.82) is 0 Å². The molecule has 0 bridgehead atoms. The van der Waals surface area contributed by atoms with Gasteiger partial charge in [0.1, 0.15) is 5.82 Å². The van der Waals surface area contributed by atoms with E-state index in [1.807, 2.05) is 25.1 Å². The van der Waals surface area contributed by atoms with E-state index in [1.165, 1.54) is 23.9 Å². The SMILES string of the molecule is C[C@@H](NC(=O)CSc1ccc(F)cc1)c1cccc(Cl)c1. The smallest absolute Gasteiger partial charge is 0.230 e. The Morgan fingerprint density at radius 1 is 1.29 bits per heavy atom. The van der Waals surface area contributed by atoms with E-state index in [9.17, 15) is 9.18 Å². The molecule has 0 heterocycles. The van der Waals surface area contributed by atoms with Gasteiger partial charge in [0.25, 0.3) is 0 Å². The summed E-state index contributed by atoms with van der Waals surface area (Å²) in [6, 6.07) is 13.4. The topological polar surface area (TPSA) is 29.1 Å². The van der Waals surface area contributed by atoms with Gasteiger partial charge in [-0.3, -0.25) is 4.79 Å². The summed E-state index contributed by atoms with van der Waals surface area (Å²) in [6.07, 6.45) is 0. The van der Waals surface area contributed by atoms with Crippen molar-refractivity contribution < 1.29 is 9.18 Å². The molecular weight excluding hydrogens is 309 g/mol. The van der Waals surface area contributed by atoms with E-state index in [-0.39, 0.29) is 23.5 Å². The predicted molar refractivity (Wildman–Crippen MR) is 85.1 cm³/mol. The van der Waals surface area contributed by atoms with Gasteiger partial charge in [0.05, 0.1) is 11.8 Å². The molecular formula is C16H15ClFNOS. The standard InChI is InChI=1S/C16H15ClFNOS/c1-11(12-3-2-4-13(17)9-12)19-16(20)10-21-15-7-5-14(18)6-8-15/h2-9,11H,10H2,1H3,(H,19,20)/t11-/m1/s1. The zero-order valence-corrected chi connectivity index (χ0v) is 13.0. The molecule has 5 heteroatoms. The summed E-state index contributed by atoms with van der Waals surface area (Å²) < 4.78 is 12.8. The largest absolute Gasteiger partial charge is 0.349 e. The molecule has 1 atom stereocenters. The summed E-state index contributed by atoms with van der Waals surface area (Å²) in [6.45, 7) is 1.91. The maximum Gasteiger partial charge on any atom is 0.230 e. The lowest BCUT2D eigenvalue weighted by atomic mass is 10.1. The first-order valence-electron chi connectivity index (χ1n) is 6.48. The van der Waals surface area contributed by atoms with Gasteiger partial charge in [-0.25, -0.2) is 4.39 Å². The van der Waals surface area contributed by atoms with Crippen molar-refractivity contribution in [3.63, 3.8) is 0 Å². The van der Waals surface area contributed by atoms with Crippen LogP contribution in [0.4, 0.5) is 4.39 Å². The highest BCUT2D eigenvalue weighted by molar-refractivity contribution is 8.00. The maximum atomic E-state index is 12.8. The number of hydrogen-bond donors (Lipinski definition) is 1. The Bertz CT molecular complexity index is 618. The van der Waals surface area contributed by atoms with Gasteiger partial charge >= 0.3 is 0 Å². The number of halogens is 2. The summed E-state index contributed by atoms with van der Waals surface area (Å²) in [5, 5.41) is 3.56. The van der Waals surface area contributed by atoms with E-state index >= 15 is 0 Å².